The Hall–Kier alpha value is -0.700. The van der Waals surface area contributed by atoms with E-state index in [0.717, 1.165) is 44.5 Å². The normalized spacial score (nSPS) is 26.4. The fourth-order valence-electron chi connectivity index (χ4n) is 2.87. The Balaban J connectivity index is 1.76. The van der Waals surface area contributed by atoms with Crippen molar-refractivity contribution in [2.45, 2.75) is 46.1 Å². The molecule has 0 bridgehead atoms. The van der Waals surface area contributed by atoms with Crippen LogP contribution in [0.25, 0.3) is 0 Å². The molecule has 2 fully saturated rings. The first-order valence-corrected chi connectivity index (χ1v) is 7.15. The predicted molar refractivity (Wildman–Crippen MR) is 73.2 cm³/mol. The van der Waals surface area contributed by atoms with E-state index >= 15 is 0 Å². The van der Waals surface area contributed by atoms with Crippen LogP contribution in [0.5, 0.6) is 0 Å². The molecule has 3 heteroatoms. The van der Waals surface area contributed by atoms with Gasteiger partial charge in [0.25, 0.3) is 0 Å². The van der Waals surface area contributed by atoms with Gasteiger partial charge in [-0.1, -0.05) is 20.8 Å². The van der Waals surface area contributed by atoms with Crippen LogP contribution in [-0.2, 0) is 9.47 Å². The highest BCUT2D eigenvalue weighted by Gasteiger charge is 2.30. The number of nitrogens with zero attached hydrogens (tertiary/aromatic N) is 1. The van der Waals surface area contributed by atoms with Crippen LogP contribution in [0.15, 0.2) is 12.5 Å². The molecule has 0 saturated carbocycles. The minimum Gasteiger partial charge on any atom is -0.474 e. The molecule has 0 amide bonds. The van der Waals surface area contributed by atoms with E-state index in [9.17, 15) is 0 Å². The maximum Gasteiger partial charge on any atom is 0.182 e. The first kappa shape index (κ1) is 13.7. The Morgan fingerprint density at radius 1 is 1.22 bits per heavy atom. The van der Waals surface area contributed by atoms with Crippen molar-refractivity contribution < 1.29 is 9.47 Å². The summed E-state index contributed by atoms with van der Waals surface area (Å²) in [4.78, 5) is 2.29. The minimum atomic E-state index is 0.220. The van der Waals surface area contributed by atoms with E-state index in [1.54, 1.807) is 0 Å². The summed E-state index contributed by atoms with van der Waals surface area (Å²) in [7, 11) is 0. The van der Waals surface area contributed by atoms with Crippen molar-refractivity contribution in [3.05, 3.63) is 12.5 Å². The summed E-state index contributed by atoms with van der Waals surface area (Å²) >= 11 is 0. The van der Waals surface area contributed by atoms with E-state index in [2.05, 4.69) is 32.3 Å². The third kappa shape index (κ3) is 3.41. The molecule has 3 nitrogen and oxygen atoms in total. The van der Waals surface area contributed by atoms with Crippen LogP contribution in [0.4, 0.5) is 0 Å². The summed E-state index contributed by atoms with van der Waals surface area (Å²) in [6.45, 7) is 14.8. The third-order valence-electron chi connectivity index (χ3n) is 4.26. The maximum absolute atomic E-state index is 5.88. The largest absolute Gasteiger partial charge is 0.474 e. The zero-order chi connectivity index (χ0) is 13.2. The van der Waals surface area contributed by atoms with Gasteiger partial charge in [-0.05, 0) is 30.8 Å². The smallest absolute Gasteiger partial charge is 0.182 e. The first-order chi connectivity index (χ1) is 8.47. The first-order valence-electron chi connectivity index (χ1n) is 7.15. The minimum absolute atomic E-state index is 0.220. The molecule has 0 aliphatic carbocycles. The number of rotatable bonds is 3. The lowest BCUT2D eigenvalue weighted by Crippen LogP contribution is -2.38. The van der Waals surface area contributed by atoms with Gasteiger partial charge in [-0.15, -0.1) is 0 Å². The van der Waals surface area contributed by atoms with Gasteiger partial charge in [0.1, 0.15) is 6.10 Å². The Kier molecular flexibility index (Phi) is 4.21. The molecule has 104 valence electrons. The molecular weight excluding hydrogens is 226 g/mol. The highest BCUT2D eigenvalue weighted by Crippen LogP contribution is 2.35. The van der Waals surface area contributed by atoms with Crippen LogP contribution in [0.2, 0.25) is 0 Å². The molecule has 1 unspecified atom stereocenters. The molecule has 0 radical (unpaired) electrons. The standard InChI is InChI=1S/C15H27NO2/c1-12(18-14-7-10-17-11-14)16-8-5-13(6-9-16)15(2,3)4/h13-14H,1,5-11H2,2-4H3. The van der Waals surface area contributed by atoms with Crippen LogP contribution >= 0.6 is 0 Å². The van der Waals surface area contributed by atoms with Crippen molar-refractivity contribution in [2.24, 2.45) is 11.3 Å². The second-order valence-electron chi connectivity index (χ2n) is 6.62. The zero-order valence-electron chi connectivity index (χ0n) is 12.1. The summed E-state index contributed by atoms with van der Waals surface area (Å²) in [5.41, 5.74) is 0.424. The van der Waals surface area contributed by atoms with Crippen molar-refractivity contribution in [2.75, 3.05) is 26.3 Å². The van der Waals surface area contributed by atoms with Crippen LogP contribution in [0.3, 0.4) is 0 Å². The van der Waals surface area contributed by atoms with Gasteiger partial charge in [0.15, 0.2) is 5.88 Å². The molecule has 2 saturated heterocycles. The van der Waals surface area contributed by atoms with E-state index < -0.39 is 0 Å². The lowest BCUT2D eigenvalue weighted by atomic mass is 9.75. The fraction of sp³-hybridized carbons (Fsp3) is 0.867. The molecule has 0 aromatic rings. The lowest BCUT2D eigenvalue weighted by molar-refractivity contribution is 0.0218. The van der Waals surface area contributed by atoms with Crippen LogP contribution in [0.1, 0.15) is 40.0 Å². The summed E-state index contributed by atoms with van der Waals surface area (Å²) in [6.07, 6.45) is 3.70. The summed E-state index contributed by atoms with van der Waals surface area (Å²) < 4.78 is 11.2. The maximum atomic E-state index is 5.88. The van der Waals surface area contributed by atoms with Gasteiger partial charge in [0.2, 0.25) is 0 Å². The van der Waals surface area contributed by atoms with Gasteiger partial charge in [-0.3, -0.25) is 0 Å². The van der Waals surface area contributed by atoms with Crippen LogP contribution in [-0.4, -0.2) is 37.3 Å². The fourth-order valence-corrected chi connectivity index (χ4v) is 2.87. The van der Waals surface area contributed by atoms with Crippen molar-refractivity contribution in [3.8, 4) is 0 Å². The molecule has 1 atom stereocenters. The molecule has 18 heavy (non-hydrogen) atoms. The van der Waals surface area contributed by atoms with Gasteiger partial charge in [0, 0.05) is 19.5 Å². The zero-order valence-corrected chi connectivity index (χ0v) is 12.1. The van der Waals surface area contributed by atoms with Crippen molar-refractivity contribution in [1.82, 2.24) is 4.90 Å². The lowest BCUT2D eigenvalue weighted by Gasteiger charge is -2.40. The quantitative estimate of drug-likeness (QED) is 0.722. The monoisotopic (exact) mass is 253 g/mol. The number of likely N-dealkylation sites (tertiary alicyclic amines) is 1. The predicted octanol–water partition coefficient (Wildman–Crippen LogP) is 3.02. The Morgan fingerprint density at radius 3 is 2.39 bits per heavy atom. The topological polar surface area (TPSA) is 21.7 Å². The van der Waals surface area contributed by atoms with Gasteiger partial charge in [-0.25, -0.2) is 0 Å². The van der Waals surface area contributed by atoms with Crippen LogP contribution < -0.4 is 0 Å². The molecule has 2 aliphatic heterocycles. The second kappa shape index (κ2) is 5.52. The number of hydrogen-bond acceptors (Lipinski definition) is 3. The molecule has 0 spiro atoms. The van der Waals surface area contributed by atoms with E-state index in [1.165, 1.54) is 12.8 Å². The Labute approximate surface area is 111 Å². The molecular formula is C15H27NO2. The van der Waals surface area contributed by atoms with E-state index in [4.69, 9.17) is 9.47 Å². The highest BCUT2D eigenvalue weighted by atomic mass is 16.6. The SMILES string of the molecule is C=C(OC1CCOC1)N1CCC(C(C)(C)C)CC1. The van der Waals surface area contributed by atoms with Gasteiger partial charge in [0.05, 0.1) is 13.2 Å². The molecule has 2 heterocycles. The average molecular weight is 253 g/mol. The summed E-state index contributed by atoms with van der Waals surface area (Å²) in [5, 5.41) is 0. The number of ether oxygens (including phenoxy) is 2. The van der Waals surface area contributed by atoms with Gasteiger partial charge >= 0.3 is 0 Å². The molecule has 2 aliphatic rings. The van der Waals surface area contributed by atoms with Crippen molar-refractivity contribution in [1.29, 1.82) is 0 Å². The van der Waals surface area contributed by atoms with Crippen LogP contribution in [0, 0.1) is 11.3 Å². The second-order valence-corrected chi connectivity index (χ2v) is 6.62. The van der Waals surface area contributed by atoms with Crippen molar-refractivity contribution in [3.63, 3.8) is 0 Å². The van der Waals surface area contributed by atoms with E-state index in [-0.39, 0.29) is 6.10 Å². The molecule has 2 rings (SSSR count). The summed E-state index contributed by atoms with van der Waals surface area (Å²) in [5.74, 6) is 1.66. The Morgan fingerprint density at radius 2 is 1.89 bits per heavy atom. The molecule has 0 N–H and O–H groups in total. The number of piperidine rings is 1. The Bertz CT molecular complexity index is 281. The average Bonchev–Trinajstić information content (AvgIpc) is 2.81. The van der Waals surface area contributed by atoms with Crippen molar-refractivity contribution >= 4 is 0 Å². The third-order valence-corrected chi connectivity index (χ3v) is 4.26. The number of hydrogen-bond donors (Lipinski definition) is 0. The van der Waals surface area contributed by atoms with Gasteiger partial charge < -0.3 is 14.4 Å². The highest BCUT2D eigenvalue weighted by molar-refractivity contribution is 4.91. The molecule has 0 aromatic heterocycles. The summed E-state index contributed by atoms with van der Waals surface area (Å²) in [6, 6.07) is 0. The molecule has 0 aromatic carbocycles. The van der Waals surface area contributed by atoms with E-state index in [0.29, 0.717) is 5.41 Å². The van der Waals surface area contributed by atoms with E-state index in [1.807, 2.05) is 0 Å². The van der Waals surface area contributed by atoms with Gasteiger partial charge in [-0.2, -0.15) is 0 Å².